The van der Waals surface area contributed by atoms with Crippen molar-refractivity contribution in [2.24, 2.45) is 0 Å². The van der Waals surface area contributed by atoms with Crippen LogP contribution in [0.15, 0.2) is 24.3 Å². The van der Waals surface area contributed by atoms with E-state index in [9.17, 15) is 18.0 Å². The Hall–Kier alpha value is -1.80. The molecule has 1 N–H and O–H groups in total. The molecule has 0 atom stereocenters. The zero-order chi connectivity index (χ0) is 13.6. The molecule has 1 rings (SSSR count). The van der Waals surface area contributed by atoms with E-state index < -0.39 is 12.0 Å². The normalized spacial score (nSPS) is 10.7. The smallest absolute Gasteiger partial charge is 0.319 e. The molecule has 0 aliphatic rings. The van der Waals surface area contributed by atoms with Crippen molar-refractivity contribution in [1.29, 1.82) is 0 Å². The fraction of sp³-hybridized carbons (Fsp3) is 0.308. The Morgan fingerprint density at radius 3 is 2.39 bits per heavy atom. The number of nitrogens with one attached hydrogen (secondary N) is 1. The molecule has 0 amide bonds. The molecule has 0 spiro atoms. The van der Waals surface area contributed by atoms with E-state index in [1.807, 2.05) is 0 Å². The highest BCUT2D eigenvalue weighted by Gasteiger charge is 2.38. The van der Waals surface area contributed by atoms with E-state index in [2.05, 4.69) is 17.2 Å². The Labute approximate surface area is 103 Å². The van der Waals surface area contributed by atoms with Crippen LogP contribution >= 0.6 is 0 Å². The van der Waals surface area contributed by atoms with Crippen molar-refractivity contribution >= 4 is 5.78 Å². The van der Waals surface area contributed by atoms with Crippen LogP contribution in [0, 0.1) is 11.8 Å². The predicted octanol–water partition coefficient (Wildman–Crippen LogP) is 2.39. The van der Waals surface area contributed by atoms with Gasteiger partial charge in [0.1, 0.15) is 0 Å². The number of rotatable bonds is 3. The highest BCUT2D eigenvalue weighted by Crippen LogP contribution is 2.21. The van der Waals surface area contributed by atoms with Crippen LogP contribution in [0.25, 0.3) is 0 Å². The summed E-state index contributed by atoms with van der Waals surface area (Å²) in [6.45, 7) is 0.748. The Morgan fingerprint density at radius 1 is 1.28 bits per heavy atom. The van der Waals surface area contributed by atoms with Gasteiger partial charge in [-0.25, -0.2) is 0 Å². The maximum absolute atomic E-state index is 12.1. The van der Waals surface area contributed by atoms with E-state index in [0.29, 0.717) is 12.0 Å². The van der Waals surface area contributed by atoms with Crippen LogP contribution in [-0.2, 0) is 0 Å². The lowest BCUT2D eigenvalue weighted by Crippen LogP contribution is -2.22. The van der Waals surface area contributed by atoms with Crippen molar-refractivity contribution in [3.63, 3.8) is 0 Å². The van der Waals surface area contributed by atoms with Gasteiger partial charge in [0.2, 0.25) is 0 Å². The minimum Gasteiger partial charge on any atom is -0.319 e. The fourth-order valence-electron chi connectivity index (χ4n) is 1.22. The van der Waals surface area contributed by atoms with Gasteiger partial charge in [-0.3, -0.25) is 4.79 Å². The number of carbonyl (C=O) groups excluding carboxylic acids is 1. The summed E-state index contributed by atoms with van der Waals surface area (Å²) < 4.78 is 36.4. The molecule has 0 aliphatic heterocycles. The maximum Gasteiger partial charge on any atom is 0.454 e. The third-order valence-corrected chi connectivity index (χ3v) is 2.14. The molecule has 0 heterocycles. The van der Waals surface area contributed by atoms with Crippen molar-refractivity contribution in [2.45, 2.75) is 12.6 Å². The predicted molar refractivity (Wildman–Crippen MR) is 62.2 cm³/mol. The summed E-state index contributed by atoms with van der Waals surface area (Å²) in [5.74, 6) is 3.83. The van der Waals surface area contributed by atoms with Gasteiger partial charge in [-0.05, 0) is 31.3 Å². The molecule has 2 nitrogen and oxygen atoms in total. The molecule has 18 heavy (non-hydrogen) atoms. The molecule has 1 aromatic rings. The molecule has 0 radical (unpaired) electrons. The Kier molecular flexibility index (Phi) is 4.93. The van der Waals surface area contributed by atoms with Crippen molar-refractivity contribution < 1.29 is 18.0 Å². The lowest BCUT2D eigenvalue weighted by atomic mass is 10.1. The summed E-state index contributed by atoms with van der Waals surface area (Å²) in [7, 11) is 1.80. The minimum atomic E-state index is -4.83. The van der Waals surface area contributed by atoms with Crippen LogP contribution in [0.5, 0.6) is 0 Å². The van der Waals surface area contributed by atoms with E-state index in [1.54, 1.807) is 7.05 Å². The van der Waals surface area contributed by atoms with E-state index >= 15 is 0 Å². The number of alkyl halides is 3. The van der Waals surface area contributed by atoms with Gasteiger partial charge in [0.15, 0.2) is 0 Å². The minimum absolute atomic E-state index is 0.372. The lowest BCUT2D eigenvalue weighted by Gasteiger charge is -2.04. The Morgan fingerprint density at radius 2 is 1.89 bits per heavy atom. The number of halogens is 3. The average Bonchev–Trinajstić information content (AvgIpc) is 2.33. The molecule has 0 aromatic heterocycles. The molecule has 5 heteroatoms. The quantitative estimate of drug-likeness (QED) is 0.510. The highest BCUT2D eigenvalue weighted by atomic mass is 19.4. The van der Waals surface area contributed by atoms with Gasteiger partial charge in [0.25, 0.3) is 5.78 Å². The molecule has 0 saturated heterocycles. The average molecular weight is 255 g/mol. The molecular weight excluding hydrogens is 243 g/mol. The van der Waals surface area contributed by atoms with Gasteiger partial charge in [0, 0.05) is 24.1 Å². The summed E-state index contributed by atoms with van der Waals surface area (Å²) in [4.78, 5) is 10.9. The second kappa shape index (κ2) is 6.22. The second-order valence-electron chi connectivity index (χ2n) is 3.56. The molecule has 1 aromatic carbocycles. The number of hydrogen-bond donors (Lipinski definition) is 1. The van der Waals surface area contributed by atoms with Crippen LogP contribution in [0.1, 0.15) is 22.3 Å². The summed E-state index contributed by atoms with van der Waals surface area (Å²) in [5, 5.41) is 2.92. The van der Waals surface area contributed by atoms with Gasteiger partial charge < -0.3 is 5.32 Å². The van der Waals surface area contributed by atoms with E-state index in [0.717, 1.165) is 18.7 Å². The number of hydrogen-bond acceptors (Lipinski definition) is 2. The molecular formula is C13H12F3NO. The van der Waals surface area contributed by atoms with Crippen molar-refractivity contribution in [3.05, 3.63) is 35.4 Å². The summed E-state index contributed by atoms with van der Waals surface area (Å²) >= 11 is 0. The number of Topliss-reactive ketones (excluding diaryl/α,β-unsaturated/α-hetero) is 1. The third kappa shape index (κ3) is 4.22. The van der Waals surface area contributed by atoms with Crippen LogP contribution in [0.2, 0.25) is 0 Å². The number of ketones is 1. The topological polar surface area (TPSA) is 29.1 Å². The van der Waals surface area contributed by atoms with E-state index in [4.69, 9.17) is 0 Å². The van der Waals surface area contributed by atoms with Crippen LogP contribution < -0.4 is 5.32 Å². The Bertz CT molecular complexity index is 466. The molecule has 0 aliphatic carbocycles. The SMILES string of the molecule is CNCCC#Cc1ccc(C(=O)C(F)(F)F)cc1. The van der Waals surface area contributed by atoms with Crippen LogP contribution in [0.4, 0.5) is 13.2 Å². The molecule has 0 saturated carbocycles. The van der Waals surface area contributed by atoms with E-state index in [1.165, 1.54) is 12.1 Å². The summed E-state index contributed by atoms with van der Waals surface area (Å²) in [6, 6.07) is 5.09. The molecule has 0 unspecified atom stereocenters. The van der Waals surface area contributed by atoms with Crippen molar-refractivity contribution in [3.8, 4) is 11.8 Å². The van der Waals surface area contributed by atoms with Crippen molar-refractivity contribution in [2.75, 3.05) is 13.6 Å². The second-order valence-corrected chi connectivity index (χ2v) is 3.56. The molecule has 0 bridgehead atoms. The van der Waals surface area contributed by atoms with Gasteiger partial charge in [-0.15, -0.1) is 0 Å². The standard InChI is InChI=1S/C13H12F3NO/c1-17-9-3-2-4-10-5-7-11(8-6-10)12(18)13(14,15)16/h5-8,17H,3,9H2,1H3. The third-order valence-electron chi connectivity index (χ3n) is 2.14. The first-order valence-corrected chi connectivity index (χ1v) is 5.30. The molecule has 96 valence electrons. The van der Waals surface area contributed by atoms with Gasteiger partial charge >= 0.3 is 6.18 Å². The molecule has 0 fully saturated rings. The summed E-state index contributed by atoms with van der Waals surface area (Å²) in [5.41, 5.74) is 0.216. The largest absolute Gasteiger partial charge is 0.454 e. The number of benzene rings is 1. The maximum atomic E-state index is 12.1. The van der Waals surface area contributed by atoms with Crippen LogP contribution in [0.3, 0.4) is 0 Å². The summed E-state index contributed by atoms with van der Waals surface area (Å²) in [6.07, 6.45) is -4.18. The fourth-order valence-corrected chi connectivity index (χ4v) is 1.22. The van der Waals surface area contributed by atoms with Gasteiger partial charge in [-0.2, -0.15) is 13.2 Å². The monoisotopic (exact) mass is 255 g/mol. The van der Waals surface area contributed by atoms with Gasteiger partial charge in [0.05, 0.1) is 0 Å². The first-order valence-electron chi connectivity index (χ1n) is 5.30. The zero-order valence-corrected chi connectivity index (χ0v) is 9.77. The van der Waals surface area contributed by atoms with Crippen molar-refractivity contribution in [1.82, 2.24) is 5.32 Å². The zero-order valence-electron chi connectivity index (χ0n) is 9.77. The highest BCUT2D eigenvalue weighted by molar-refractivity contribution is 6.00. The lowest BCUT2D eigenvalue weighted by molar-refractivity contribution is -0.0885. The first-order chi connectivity index (χ1) is 8.45. The van der Waals surface area contributed by atoms with E-state index in [-0.39, 0.29) is 5.56 Å². The number of carbonyl (C=O) groups is 1. The van der Waals surface area contributed by atoms with Crippen LogP contribution in [-0.4, -0.2) is 25.6 Å². The Balaban J connectivity index is 2.74. The first kappa shape index (κ1) is 14.3. The van der Waals surface area contributed by atoms with Gasteiger partial charge in [-0.1, -0.05) is 11.8 Å².